The molecule has 1 aliphatic heterocycles. The summed E-state index contributed by atoms with van der Waals surface area (Å²) >= 11 is 1.23. The van der Waals surface area contributed by atoms with Crippen LogP contribution >= 0.6 is 11.3 Å². The van der Waals surface area contributed by atoms with E-state index in [0.29, 0.717) is 34.0 Å². The number of fused-ring (bicyclic) bond motifs is 1. The van der Waals surface area contributed by atoms with Gasteiger partial charge in [0.05, 0.1) is 18.6 Å². The minimum absolute atomic E-state index is 0.125. The first-order valence-corrected chi connectivity index (χ1v) is 10.4. The number of halogens is 1. The van der Waals surface area contributed by atoms with Crippen molar-refractivity contribution < 1.29 is 18.7 Å². The van der Waals surface area contributed by atoms with Gasteiger partial charge in [0.25, 0.3) is 5.91 Å². The maximum absolute atomic E-state index is 13.7. The second-order valence-corrected chi connectivity index (χ2v) is 8.81. The summed E-state index contributed by atoms with van der Waals surface area (Å²) < 4.78 is 19.7. The largest absolute Gasteiger partial charge is 0.370 e. The molecule has 0 spiro atoms. The standard InChI is InChI=1S/C22H22FN3O3S/c1-22(2,13-5-3-6-14(23)11-13)21(28)26-9-10-29-16(12-26)17-15-7-4-8-25-20(15)30-18(17)19(24)27/h3-8,11,16H,9-10,12H2,1-2H3,(H2,24,27)/t16-/m1/s1. The van der Waals surface area contributed by atoms with E-state index in [0.717, 1.165) is 5.39 Å². The van der Waals surface area contributed by atoms with E-state index in [1.165, 1.54) is 23.5 Å². The SMILES string of the molecule is CC(C)(C(=O)N1CCO[C@@H](c2c(C(N)=O)sc3ncccc23)C1)c1cccc(F)c1. The van der Waals surface area contributed by atoms with Crippen molar-refractivity contribution in [2.75, 3.05) is 19.7 Å². The average molecular weight is 428 g/mol. The third kappa shape index (κ3) is 3.57. The van der Waals surface area contributed by atoms with Crippen LogP contribution in [0.25, 0.3) is 10.2 Å². The molecule has 2 amide bonds. The van der Waals surface area contributed by atoms with E-state index in [-0.39, 0.29) is 18.3 Å². The van der Waals surface area contributed by atoms with Gasteiger partial charge in [-0.05, 0) is 37.6 Å². The van der Waals surface area contributed by atoms with Crippen LogP contribution in [0.5, 0.6) is 0 Å². The molecule has 0 bridgehead atoms. The van der Waals surface area contributed by atoms with Gasteiger partial charge in [-0.2, -0.15) is 0 Å². The number of hydrogen-bond acceptors (Lipinski definition) is 5. The summed E-state index contributed by atoms with van der Waals surface area (Å²) in [6.45, 7) is 4.59. The van der Waals surface area contributed by atoms with Crippen LogP contribution in [0.2, 0.25) is 0 Å². The van der Waals surface area contributed by atoms with Crippen LogP contribution in [0.4, 0.5) is 4.39 Å². The fourth-order valence-electron chi connectivity index (χ4n) is 3.86. The van der Waals surface area contributed by atoms with Gasteiger partial charge in [0.15, 0.2) is 0 Å². The molecular formula is C22H22FN3O3S. The fourth-order valence-corrected chi connectivity index (χ4v) is 4.90. The second-order valence-electron chi connectivity index (χ2n) is 7.81. The lowest BCUT2D eigenvalue weighted by atomic mass is 9.83. The predicted molar refractivity (Wildman–Crippen MR) is 113 cm³/mol. The molecule has 0 saturated carbocycles. The number of pyridine rings is 1. The van der Waals surface area contributed by atoms with Gasteiger partial charge in [0.1, 0.15) is 21.6 Å². The molecule has 1 aromatic carbocycles. The number of thiophene rings is 1. The third-order valence-corrected chi connectivity index (χ3v) is 6.63. The lowest BCUT2D eigenvalue weighted by Crippen LogP contribution is -2.49. The van der Waals surface area contributed by atoms with Gasteiger partial charge in [-0.15, -0.1) is 11.3 Å². The van der Waals surface area contributed by atoms with Crippen molar-refractivity contribution in [1.29, 1.82) is 0 Å². The number of benzene rings is 1. The predicted octanol–water partition coefficient (Wildman–Crippen LogP) is 3.41. The molecule has 4 rings (SSSR count). The topological polar surface area (TPSA) is 85.5 Å². The Bertz CT molecular complexity index is 1130. The van der Waals surface area contributed by atoms with Gasteiger partial charge in [-0.3, -0.25) is 9.59 Å². The first-order chi connectivity index (χ1) is 14.3. The van der Waals surface area contributed by atoms with Crippen LogP contribution < -0.4 is 5.73 Å². The summed E-state index contributed by atoms with van der Waals surface area (Å²) in [7, 11) is 0. The Hall–Kier alpha value is -2.84. The van der Waals surface area contributed by atoms with Crippen molar-refractivity contribution in [3.8, 4) is 0 Å². The van der Waals surface area contributed by atoms with E-state index in [4.69, 9.17) is 10.5 Å². The number of ether oxygens (including phenoxy) is 1. The van der Waals surface area contributed by atoms with E-state index in [1.807, 2.05) is 6.07 Å². The van der Waals surface area contributed by atoms with Crippen LogP contribution in [-0.4, -0.2) is 41.4 Å². The van der Waals surface area contributed by atoms with Crippen LogP contribution in [0.3, 0.4) is 0 Å². The lowest BCUT2D eigenvalue weighted by molar-refractivity contribution is -0.144. The Morgan fingerprint density at radius 2 is 2.10 bits per heavy atom. The molecular weight excluding hydrogens is 405 g/mol. The lowest BCUT2D eigenvalue weighted by Gasteiger charge is -2.38. The van der Waals surface area contributed by atoms with Crippen molar-refractivity contribution in [2.24, 2.45) is 5.73 Å². The van der Waals surface area contributed by atoms with Crippen LogP contribution in [-0.2, 0) is 14.9 Å². The normalized spacial score (nSPS) is 17.3. The highest BCUT2D eigenvalue weighted by molar-refractivity contribution is 7.20. The maximum atomic E-state index is 13.7. The monoisotopic (exact) mass is 427 g/mol. The molecule has 0 radical (unpaired) electrons. The fraction of sp³-hybridized carbons (Fsp3) is 0.318. The number of aromatic nitrogens is 1. The summed E-state index contributed by atoms with van der Waals surface area (Å²) in [5.41, 5.74) is 5.99. The molecule has 156 valence electrons. The first-order valence-electron chi connectivity index (χ1n) is 9.63. The summed E-state index contributed by atoms with van der Waals surface area (Å²) in [4.78, 5) is 32.6. The Kier molecular flexibility index (Phi) is 5.29. The van der Waals surface area contributed by atoms with Gasteiger partial charge in [-0.25, -0.2) is 9.37 Å². The molecule has 2 N–H and O–H groups in total. The molecule has 0 aliphatic carbocycles. The zero-order chi connectivity index (χ0) is 21.5. The Balaban J connectivity index is 1.66. The number of nitrogens with zero attached hydrogens (tertiary/aromatic N) is 2. The zero-order valence-electron chi connectivity index (χ0n) is 16.7. The number of primary amides is 1. The molecule has 3 heterocycles. The molecule has 1 fully saturated rings. The number of hydrogen-bond donors (Lipinski definition) is 1. The van der Waals surface area contributed by atoms with Gasteiger partial charge in [0.2, 0.25) is 5.91 Å². The van der Waals surface area contributed by atoms with Crippen molar-refractivity contribution in [1.82, 2.24) is 9.88 Å². The van der Waals surface area contributed by atoms with Crippen molar-refractivity contribution in [2.45, 2.75) is 25.4 Å². The molecule has 30 heavy (non-hydrogen) atoms. The van der Waals surface area contributed by atoms with E-state index in [2.05, 4.69) is 4.98 Å². The minimum Gasteiger partial charge on any atom is -0.370 e. The van der Waals surface area contributed by atoms with Crippen molar-refractivity contribution in [3.05, 3.63) is 64.4 Å². The Morgan fingerprint density at radius 3 is 2.83 bits per heavy atom. The molecule has 0 unspecified atom stereocenters. The number of carbonyl (C=O) groups is 2. The van der Waals surface area contributed by atoms with Gasteiger partial charge >= 0.3 is 0 Å². The van der Waals surface area contributed by atoms with Crippen LogP contribution in [0, 0.1) is 5.82 Å². The minimum atomic E-state index is -0.908. The second kappa shape index (κ2) is 7.77. The Labute approximate surface area is 177 Å². The van der Waals surface area contributed by atoms with E-state index in [1.54, 1.807) is 43.1 Å². The van der Waals surface area contributed by atoms with Crippen LogP contribution in [0.15, 0.2) is 42.6 Å². The molecule has 1 aliphatic rings. The highest BCUT2D eigenvalue weighted by Crippen LogP contribution is 2.38. The van der Waals surface area contributed by atoms with Crippen molar-refractivity contribution in [3.63, 3.8) is 0 Å². The highest BCUT2D eigenvalue weighted by atomic mass is 32.1. The molecule has 1 atom stereocenters. The maximum Gasteiger partial charge on any atom is 0.259 e. The van der Waals surface area contributed by atoms with E-state index in [9.17, 15) is 14.0 Å². The highest BCUT2D eigenvalue weighted by Gasteiger charge is 2.38. The van der Waals surface area contributed by atoms with Gasteiger partial charge in [-0.1, -0.05) is 18.2 Å². The molecule has 1 saturated heterocycles. The quantitative estimate of drug-likeness (QED) is 0.691. The number of morpholine rings is 1. The number of nitrogens with two attached hydrogens (primary N) is 1. The van der Waals surface area contributed by atoms with E-state index >= 15 is 0 Å². The summed E-state index contributed by atoms with van der Waals surface area (Å²) in [5.74, 6) is -1.05. The molecule has 2 aromatic heterocycles. The summed E-state index contributed by atoms with van der Waals surface area (Å²) in [5, 5.41) is 0.806. The molecule has 3 aromatic rings. The van der Waals surface area contributed by atoms with Gasteiger partial charge < -0.3 is 15.4 Å². The van der Waals surface area contributed by atoms with Gasteiger partial charge in [0, 0.05) is 23.7 Å². The summed E-state index contributed by atoms with van der Waals surface area (Å²) in [6, 6.07) is 9.77. The first kappa shape index (κ1) is 20.4. The number of rotatable bonds is 4. The van der Waals surface area contributed by atoms with Crippen molar-refractivity contribution >= 4 is 33.4 Å². The van der Waals surface area contributed by atoms with E-state index < -0.39 is 17.4 Å². The molecule has 6 nitrogen and oxygen atoms in total. The third-order valence-electron chi connectivity index (χ3n) is 5.49. The Morgan fingerprint density at radius 1 is 1.30 bits per heavy atom. The average Bonchev–Trinajstić information content (AvgIpc) is 3.13. The van der Waals surface area contributed by atoms with Crippen LogP contribution in [0.1, 0.15) is 40.8 Å². The smallest absolute Gasteiger partial charge is 0.259 e. The zero-order valence-corrected chi connectivity index (χ0v) is 17.5. The summed E-state index contributed by atoms with van der Waals surface area (Å²) in [6.07, 6.45) is 1.17. The number of amides is 2. The molecule has 8 heteroatoms. The number of carbonyl (C=O) groups excluding carboxylic acids is 2.